The van der Waals surface area contributed by atoms with E-state index in [4.69, 9.17) is 9.72 Å². The molecule has 2 aliphatic rings. The second-order valence-electron chi connectivity index (χ2n) is 9.55. The highest BCUT2D eigenvalue weighted by Gasteiger charge is 2.30. The number of fused-ring (bicyclic) bond motifs is 3. The van der Waals surface area contributed by atoms with Crippen LogP contribution in [0.3, 0.4) is 0 Å². The van der Waals surface area contributed by atoms with Gasteiger partial charge >= 0.3 is 0 Å². The van der Waals surface area contributed by atoms with Crippen LogP contribution in [0.5, 0.6) is 0 Å². The molecule has 1 saturated carbocycles. The molecule has 1 atom stereocenters. The number of carbonyl (C=O) groups is 1. The van der Waals surface area contributed by atoms with E-state index in [-0.39, 0.29) is 29.4 Å². The van der Waals surface area contributed by atoms with Crippen molar-refractivity contribution >= 4 is 44.9 Å². The minimum atomic E-state index is -0.0978. The summed E-state index contributed by atoms with van der Waals surface area (Å²) in [5.41, 5.74) is 1.96. The summed E-state index contributed by atoms with van der Waals surface area (Å²) < 4.78 is 7.97. The van der Waals surface area contributed by atoms with Gasteiger partial charge in [-0.1, -0.05) is 63.1 Å². The number of thiophene rings is 1. The molecule has 1 amide bonds. The van der Waals surface area contributed by atoms with E-state index in [0.29, 0.717) is 17.7 Å². The Balaban J connectivity index is 1.49. The minimum Gasteiger partial charge on any atom is -0.372 e. The van der Waals surface area contributed by atoms with Gasteiger partial charge in [0.05, 0.1) is 23.8 Å². The minimum absolute atomic E-state index is 0.0600. The van der Waals surface area contributed by atoms with Crippen LogP contribution in [0.1, 0.15) is 62.4 Å². The van der Waals surface area contributed by atoms with Gasteiger partial charge in [0.2, 0.25) is 5.91 Å². The van der Waals surface area contributed by atoms with Crippen molar-refractivity contribution in [2.24, 2.45) is 5.92 Å². The second kappa shape index (κ2) is 10.2. The Bertz CT molecular complexity index is 1230. The van der Waals surface area contributed by atoms with Crippen molar-refractivity contribution < 1.29 is 9.53 Å². The maximum Gasteiger partial charge on any atom is 0.263 e. The summed E-state index contributed by atoms with van der Waals surface area (Å²) in [6, 6.07) is 9.59. The highest BCUT2D eigenvalue weighted by molar-refractivity contribution is 7.99. The molecule has 0 spiro atoms. The number of hydrogen-bond acceptors (Lipinski definition) is 6. The van der Waals surface area contributed by atoms with Crippen LogP contribution in [0.25, 0.3) is 10.2 Å². The summed E-state index contributed by atoms with van der Waals surface area (Å²) in [5.74, 6) is 0.511. The van der Waals surface area contributed by atoms with Crippen molar-refractivity contribution in [3.8, 4) is 0 Å². The molecule has 0 bridgehead atoms. The molecule has 3 heterocycles. The molecule has 5 rings (SSSR count). The fourth-order valence-corrected chi connectivity index (χ4v) is 6.99. The molecule has 6 nitrogen and oxygen atoms in total. The van der Waals surface area contributed by atoms with Crippen LogP contribution in [0, 0.1) is 5.92 Å². The molecule has 1 aliphatic carbocycles. The number of hydrogen-bond donors (Lipinski definition) is 1. The lowest BCUT2D eigenvalue weighted by atomic mass is 9.94. The van der Waals surface area contributed by atoms with E-state index in [1.165, 1.54) is 18.2 Å². The van der Waals surface area contributed by atoms with Gasteiger partial charge in [-0.15, -0.1) is 11.3 Å². The molecule has 180 valence electrons. The predicted octanol–water partition coefficient (Wildman–Crippen LogP) is 5.79. The molecule has 8 heteroatoms. The number of para-hydroxylation sites is 1. The lowest BCUT2D eigenvalue weighted by Gasteiger charge is -2.27. The fraction of sp³-hybridized carbons (Fsp3) is 0.500. The lowest BCUT2D eigenvalue weighted by molar-refractivity contribution is -0.113. The number of amides is 1. The molecule has 0 radical (unpaired) electrons. The van der Waals surface area contributed by atoms with Gasteiger partial charge in [0.1, 0.15) is 4.83 Å². The number of rotatable bonds is 6. The van der Waals surface area contributed by atoms with E-state index in [9.17, 15) is 9.59 Å². The first-order valence-corrected chi connectivity index (χ1v) is 14.0. The van der Waals surface area contributed by atoms with Crippen molar-refractivity contribution in [1.29, 1.82) is 0 Å². The maximum absolute atomic E-state index is 14.0. The van der Waals surface area contributed by atoms with Gasteiger partial charge in [-0.3, -0.25) is 14.2 Å². The van der Waals surface area contributed by atoms with Crippen LogP contribution in [-0.2, 0) is 22.6 Å². The number of benzene rings is 1. The Kier molecular flexibility index (Phi) is 7.09. The molecule has 1 N–H and O–H groups in total. The second-order valence-corrected chi connectivity index (χ2v) is 11.6. The zero-order valence-electron chi connectivity index (χ0n) is 19.7. The zero-order chi connectivity index (χ0) is 23.7. The lowest BCUT2D eigenvalue weighted by Crippen LogP contribution is -2.31. The van der Waals surface area contributed by atoms with E-state index in [2.05, 4.69) is 19.2 Å². The highest BCUT2D eigenvalue weighted by atomic mass is 32.2. The van der Waals surface area contributed by atoms with Crippen LogP contribution in [-0.4, -0.2) is 27.3 Å². The molecule has 1 aromatic carbocycles. The monoisotopic (exact) mass is 497 g/mol. The van der Waals surface area contributed by atoms with Crippen molar-refractivity contribution in [2.45, 2.75) is 76.3 Å². The van der Waals surface area contributed by atoms with Crippen molar-refractivity contribution in [3.63, 3.8) is 0 Å². The first-order valence-electron chi connectivity index (χ1n) is 12.2. The topological polar surface area (TPSA) is 73.2 Å². The molecule has 2 aromatic heterocycles. The van der Waals surface area contributed by atoms with Gasteiger partial charge < -0.3 is 10.1 Å². The average molecular weight is 498 g/mol. The Morgan fingerprint density at radius 1 is 1.24 bits per heavy atom. The first-order chi connectivity index (χ1) is 16.5. The van der Waals surface area contributed by atoms with Crippen LogP contribution in [0.2, 0.25) is 0 Å². The molecule has 3 aromatic rings. The van der Waals surface area contributed by atoms with Crippen LogP contribution < -0.4 is 10.9 Å². The summed E-state index contributed by atoms with van der Waals surface area (Å²) in [6.45, 7) is 4.88. The summed E-state index contributed by atoms with van der Waals surface area (Å²) in [5, 5.41) is 4.36. The normalized spacial score (nSPS) is 18.9. The van der Waals surface area contributed by atoms with E-state index in [1.54, 1.807) is 11.3 Å². The van der Waals surface area contributed by atoms with Crippen LogP contribution >= 0.6 is 23.1 Å². The van der Waals surface area contributed by atoms with Gasteiger partial charge in [-0.05, 0) is 36.5 Å². The third kappa shape index (κ3) is 4.81. The number of carbonyl (C=O) groups excluding carboxylic acids is 1. The smallest absolute Gasteiger partial charge is 0.263 e. The third-order valence-electron chi connectivity index (χ3n) is 6.82. The Labute approximate surface area is 208 Å². The van der Waals surface area contributed by atoms with Gasteiger partial charge in [0.25, 0.3) is 5.56 Å². The largest absolute Gasteiger partial charge is 0.372 e. The number of aromatic nitrogens is 2. The van der Waals surface area contributed by atoms with Crippen LogP contribution in [0.4, 0.5) is 5.69 Å². The molecule has 1 aliphatic heterocycles. The van der Waals surface area contributed by atoms with E-state index in [0.717, 1.165) is 58.4 Å². The number of ether oxygens (including phenoxy) is 1. The standard InChI is InChI=1S/C26H31N3O3S2/c1-16(2)20-13-19-21(14-32-20)34-24-23(19)25(31)29(18-11-7-4-8-12-18)26(28-24)33-15-22(30)27-17-9-5-3-6-10-17/h3,5-6,9-10,16,18,20H,4,7-8,11-15H2,1-2H3,(H,27,30)/t20-/m1/s1. The molecule has 1 fully saturated rings. The van der Waals surface area contributed by atoms with Crippen LogP contribution in [0.15, 0.2) is 40.3 Å². The molecular weight excluding hydrogens is 466 g/mol. The van der Waals surface area contributed by atoms with Gasteiger partial charge in [-0.2, -0.15) is 0 Å². The molecule has 34 heavy (non-hydrogen) atoms. The molecule has 0 unspecified atom stereocenters. The van der Waals surface area contributed by atoms with Crippen molar-refractivity contribution in [1.82, 2.24) is 9.55 Å². The van der Waals surface area contributed by atoms with E-state index < -0.39 is 0 Å². The summed E-state index contributed by atoms with van der Waals surface area (Å²) >= 11 is 2.93. The third-order valence-corrected chi connectivity index (χ3v) is 8.87. The molecule has 0 saturated heterocycles. The summed E-state index contributed by atoms with van der Waals surface area (Å²) in [7, 11) is 0. The number of nitrogens with one attached hydrogen (secondary N) is 1. The maximum atomic E-state index is 14.0. The molecular formula is C26H31N3O3S2. The number of nitrogens with zero attached hydrogens (tertiary/aromatic N) is 2. The first kappa shape index (κ1) is 23.6. The van der Waals surface area contributed by atoms with Gasteiger partial charge in [0, 0.05) is 23.0 Å². The fourth-order valence-electron chi connectivity index (χ4n) is 4.96. The zero-order valence-corrected chi connectivity index (χ0v) is 21.3. The average Bonchev–Trinajstić information content (AvgIpc) is 3.22. The van der Waals surface area contributed by atoms with Crippen molar-refractivity contribution in [3.05, 3.63) is 51.1 Å². The van der Waals surface area contributed by atoms with E-state index >= 15 is 0 Å². The van der Waals surface area contributed by atoms with Crippen molar-refractivity contribution in [2.75, 3.05) is 11.1 Å². The Morgan fingerprint density at radius 2 is 2.00 bits per heavy atom. The summed E-state index contributed by atoms with van der Waals surface area (Å²) in [6.07, 6.45) is 6.33. The van der Waals surface area contributed by atoms with Gasteiger partial charge in [0.15, 0.2) is 5.16 Å². The Morgan fingerprint density at radius 3 is 2.74 bits per heavy atom. The highest BCUT2D eigenvalue weighted by Crippen LogP contribution is 2.37. The predicted molar refractivity (Wildman–Crippen MR) is 139 cm³/mol. The van der Waals surface area contributed by atoms with Gasteiger partial charge in [-0.25, -0.2) is 4.98 Å². The SMILES string of the molecule is CC(C)[C@H]1Cc2c(sc3nc(SCC(=O)Nc4ccccc4)n(C4CCCCC4)c(=O)c23)CO1. The van der Waals surface area contributed by atoms with E-state index in [1.807, 2.05) is 34.9 Å². The number of anilines is 1. The summed E-state index contributed by atoms with van der Waals surface area (Å²) in [4.78, 5) is 33.5. The Hall–Kier alpha value is -2.16. The number of thioether (sulfide) groups is 1. The quantitative estimate of drug-likeness (QED) is 0.345.